The zero-order valence-electron chi connectivity index (χ0n) is 17.1. The second-order valence-electron chi connectivity index (χ2n) is 6.70. The van der Waals surface area contributed by atoms with Gasteiger partial charge in [-0.25, -0.2) is 19.7 Å². The molecule has 0 bridgehead atoms. The van der Waals surface area contributed by atoms with Crippen LogP contribution in [0.5, 0.6) is 0 Å². The summed E-state index contributed by atoms with van der Waals surface area (Å²) in [7, 11) is 0. The highest BCUT2D eigenvalue weighted by atomic mass is 32.2. The van der Waals surface area contributed by atoms with Gasteiger partial charge in [-0.3, -0.25) is 4.79 Å². The summed E-state index contributed by atoms with van der Waals surface area (Å²) >= 11 is 2.84. The molecule has 0 fully saturated rings. The molecule has 1 N–H and O–H groups in total. The molecule has 0 radical (unpaired) electrons. The van der Waals surface area contributed by atoms with Crippen LogP contribution in [0.3, 0.4) is 0 Å². The van der Waals surface area contributed by atoms with E-state index in [1.165, 1.54) is 29.3 Å². The predicted octanol–water partition coefficient (Wildman–Crippen LogP) is 3.77. The van der Waals surface area contributed by atoms with E-state index in [1.54, 1.807) is 6.92 Å². The number of aromatic nitrogens is 3. The molecular formula is C21H21N5O3S2. The Balaban J connectivity index is 1.55. The Labute approximate surface area is 188 Å². The zero-order chi connectivity index (χ0) is 21.8. The molecular weight excluding hydrogens is 434 g/mol. The van der Waals surface area contributed by atoms with Crippen molar-refractivity contribution in [3.8, 4) is 0 Å². The number of carbonyl (C=O) groups is 2. The number of thioether (sulfide) groups is 1. The molecule has 0 unspecified atom stereocenters. The van der Waals surface area contributed by atoms with Gasteiger partial charge in [-0.05, 0) is 25.3 Å². The molecule has 2 aromatic heterocycles. The van der Waals surface area contributed by atoms with E-state index < -0.39 is 5.97 Å². The number of rotatable bonds is 6. The Morgan fingerprint density at radius 3 is 2.81 bits per heavy atom. The molecule has 0 spiro atoms. The Bertz CT molecular complexity index is 1100. The van der Waals surface area contributed by atoms with Crippen molar-refractivity contribution < 1.29 is 14.3 Å². The first-order valence-corrected chi connectivity index (χ1v) is 11.8. The highest BCUT2D eigenvalue weighted by Gasteiger charge is 2.25. The Hall–Kier alpha value is -2.98. The SMILES string of the molecule is CCOC(=O)c1cnc(SC)nc1Nc1nc2c(s1)CN(C(=O)c1ccccc1)CC2. The van der Waals surface area contributed by atoms with Crippen molar-refractivity contribution >= 4 is 45.9 Å². The molecule has 1 aromatic carbocycles. The number of amides is 1. The quantitative estimate of drug-likeness (QED) is 0.341. The summed E-state index contributed by atoms with van der Waals surface area (Å²) < 4.78 is 5.12. The van der Waals surface area contributed by atoms with E-state index in [0.29, 0.717) is 41.2 Å². The van der Waals surface area contributed by atoms with E-state index in [0.717, 1.165) is 10.6 Å². The van der Waals surface area contributed by atoms with Gasteiger partial charge in [-0.1, -0.05) is 41.3 Å². The van der Waals surface area contributed by atoms with Gasteiger partial charge < -0.3 is 15.0 Å². The number of nitrogens with zero attached hydrogens (tertiary/aromatic N) is 4. The van der Waals surface area contributed by atoms with E-state index >= 15 is 0 Å². The first-order chi connectivity index (χ1) is 15.1. The molecule has 1 aliphatic heterocycles. The minimum Gasteiger partial charge on any atom is -0.462 e. The molecule has 31 heavy (non-hydrogen) atoms. The minimum absolute atomic E-state index is 0.0131. The number of carbonyl (C=O) groups excluding carboxylic acids is 2. The maximum Gasteiger partial charge on any atom is 0.343 e. The van der Waals surface area contributed by atoms with E-state index in [4.69, 9.17) is 4.74 Å². The van der Waals surface area contributed by atoms with Crippen LogP contribution in [0, 0.1) is 0 Å². The fraction of sp³-hybridized carbons (Fsp3) is 0.286. The van der Waals surface area contributed by atoms with Crippen LogP contribution in [0.1, 0.15) is 38.2 Å². The van der Waals surface area contributed by atoms with Gasteiger partial charge in [0.25, 0.3) is 5.91 Å². The molecule has 1 aliphatic rings. The third kappa shape index (κ3) is 4.70. The molecule has 0 saturated heterocycles. The van der Waals surface area contributed by atoms with E-state index in [-0.39, 0.29) is 18.1 Å². The van der Waals surface area contributed by atoms with E-state index in [9.17, 15) is 9.59 Å². The summed E-state index contributed by atoms with van der Waals surface area (Å²) in [4.78, 5) is 41.2. The number of anilines is 2. The summed E-state index contributed by atoms with van der Waals surface area (Å²) in [5.41, 5.74) is 1.90. The summed E-state index contributed by atoms with van der Waals surface area (Å²) in [5.74, 6) is -0.112. The van der Waals surface area contributed by atoms with Crippen LogP contribution in [-0.2, 0) is 17.7 Å². The van der Waals surface area contributed by atoms with Crippen molar-refractivity contribution in [1.82, 2.24) is 19.9 Å². The molecule has 0 saturated carbocycles. The largest absolute Gasteiger partial charge is 0.462 e. The molecule has 1 amide bonds. The van der Waals surface area contributed by atoms with Crippen molar-refractivity contribution in [3.05, 3.63) is 58.2 Å². The smallest absolute Gasteiger partial charge is 0.343 e. The summed E-state index contributed by atoms with van der Waals surface area (Å²) in [6, 6.07) is 9.28. The number of fused-ring (bicyclic) bond motifs is 1. The first-order valence-electron chi connectivity index (χ1n) is 9.77. The van der Waals surface area contributed by atoms with Crippen molar-refractivity contribution in [2.24, 2.45) is 0 Å². The molecule has 160 valence electrons. The second kappa shape index (κ2) is 9.44. The fourth-order valence-electron chi connectivity index (χ4n) is 3.20. The van der Waals surface area contributed by atoms with Gasteiger partial charge in [0.05, 0.1) is 18.8 Å². The Morgan fingerprint density at radius 1 is 1.26 bits per heavy atom. The highest BCUT2D eigenvalue weighted by molar-refractivity contribution is 7.98. The van der Waals surface area contributed by atoms with E-state index in [1.807, 2.05) is 41.5 Å². The van der Waals surface area contributed by atoms with Gasteiger partial charge in [-0.15, -0.1) is 0 Å². The molecule has 3 heterocycles. The summed E-state index contributed by atoms with van der Waals surface area (Å²) in [6.45, 7) is 3.13. The Kier molecular flexibility index (Phi) is 6.47. The van der Waals surface area contributed by atoms with Crippen molar-refractivity contribution in [1.29, 1.82) is 0 Å². The maximum atomic E-state index is 12.8. The fourth-order valence-corrected chi connectivity index (χ4v) is 4.57. The number of benzene rings is 1. The molecule has 0 atom stereocenters. The van der Waals surface area contributed by atoms with Crippen LogP contribution >= 0.6 is 23.1 Å². The van der Waals surface area contributed by atoms with Gasteiger partial charge in [0, 0.05) is 29.6 Å². The summed E-state index contributed by atoms with van der Waals surface area (Å²) in [5, 5.41) is 4.32. The molecule has 3 aromatic rings. The number of nitrogens with one attached hydrogen (secondary N) is 1. The monoisotopic (exact) mass is 455 g/mol. The number of esters is 1. The average molecular weight is 456 g/mol. The second-order valence-corrected chi connectivity index (χ2v) is 8.55. The number of ether oxygens (including phenoxy) is 1. The maximum absolute atomic E-state index is 12.8. The first kappa shape index (κ1) is 21.3. The van der Waals surface area contributed by atoms with Crippen molar-refractivity contribution in [3.63, 3.8) is 0 Å². The van der Waals surface area contributed by atoms with Gasteiger partial charge >= 0.3 is 5.97 Å². The van der Waals surface area contributed by atoms with Crippen LogP contribution in [0.15, 0.2) is 41.7 Å². The van der Waals surface area contributed by atoms with Gasteiger partial charge in [0.2, 0.25) is 0 Å². The lowest BCUT2D eigenvalue weighted by molar-refractivity contribution is 0.0526. The van der Waals surface area contributed by atoms with E-state index in [2.05, 4.69) is 20.3 Å². The third-order valence-corrected chi connectivity index (χ3v) is 6.27. The lowest BCUT2D eigenvalue weighted by atomic mass is 10.1. The highest BCUT2D eigenvalue weighted by Crippen LogP contribution is 2.31. The lowest BCUT2D eigenvalue weighted by Gasteiger charge is -2.26. The average Bonchev–Trinajstić information content (AvgIpc) is 3.20. The van der Waals surface area contributed by atoms with Crippen molar-refractivity contribution in [2.45, 2.75) is 25.0 Å². The molecule has 0 aliphatic carbocycles. The number of hydrogen-bond acceptors (Lipinski definition) is 9. The third-order valence-electron chi connectivity index (χ3n) is 4.71. The molecule has 8 nitrogen and oxygen atoms in total. The number of thiazole rings is 1. The van der Waals surface area contributed by atoms with Crippen LogP contribution in [0.4, 0.5) is 10.9 Å². The van der Waals surface area contributed by atoms with Crippen LogP contribution < -0.4 is 5.32 Å². The standard InChI is InChI=1S/C21H21N5O3S2/c1-3-29-19(28)14-11-22-20(30-2)24-17(14)25-21-23-15-9-10-26(12-16(15)31-21)18(27)13-7-5-4-6-8-13/h4-8,11H,3,9-10,12H2,1-2H3,(H,22,23,24,25). The van der Waals surface area contributed by atoms with Gasteiger partial charge in [-0.2, -0.15) is 0 Å². The predicted molar refractivity (Wildman–Crippen MR) is 120 cm³/mol. The Morgan fingerprint density at radius 2 is 2.06 bits per heavy atom. The number of hydrogen-bond donors (Lipinski definition) is 1. The topological polar surface area (TPSA) is 97.3 Å². The minimum atomic E-state index is -0.487. The van der Waals surface area contributed by atoms with Gasteiger partial charge in [0.15, 0.2) is 16.1 Å². The summed E-state index contributed by atoms with van der Waals surface area (Å²) in [6.07, 6.45) is 4.01. The molecule has 10 heteroatoms. The van der Waals surface area contributed by atoms with Crippen LogP contribution in [-0.4, -0.2) is 51.1 Å². The van der Waals surface area contributed by atoms with Crippen molar-refractivity contribution in [2.75, 3.05) is 24.7 Å². The van der Waals surface area contributed by atoms with Crippen LogP contribution in [0.25, 0.3) is 0 Å². The molecule has 4 rings (SSSR count). The lowest BCUT2D eigenvalue weighted by Crippen LogP contribution is -2.35. The van der Waals surface area contributed by atoms with Gasteiger partial charge in [0.1, 0.15) is 5.56 Å². The normalized spacial score (nSPS) is 12.9. The van der Waals surface area contributed by atoms with Crippen LogP contribution in [0.2, 0.25) is 0 Å². The zero-order valence-corrected chi connectivity index (χ0v) is 18.8.